The molecule has 0 radical (unpaired) electrons. The van der Waals surface area contributed by atoms with E-state index in [9.17, 15) is 9.50 Å². The first-order chi connectivity index (χ1) is 10.2. The van der Waals surface area contributed by atoms with Crippen LogP contribution in [0.25, 0.3) is 0 Å². The SMILES string of the molecule is N#Cc1ccc(COc2cccc3c2CCC3O)c(F)c1. The zero-order valence-corrected chi connectivity index (χ0v) is 11.3. The molecule has 0 fully saturated rings. The largest absolute Gasteiger partial charge is 0.489 e. The van der Waals surface area contributed by atoms with Gasteiger partial charge in [-0.2, -0.15) is 5.26 Å². The number of hydrogen-bond acceptors (Lipinski definition) is 3. The first-order valence-corrected chi connectivity index (χ1v) is 6.80. The van der Waals surface area contributed by atoms with E-state index < -0.39 is 11.9 Å². The maximum Gasteiger partial charge on any atom is 0.131 e. The molecule has 4 heteroatoms. The molecule has 0 saturated carbocycles. The maximum atomic E-state index is 13.8. The Labute approximate surface area is 122 Å². The number of fused-ring (bicyclic) bond motifs is 1. The lowest BCUT2D eigenvalue weighted by atomic mass is 10.1. The molecule has 106 valence electrons. The third kappa shape index (κ3) is 2.61. The third-order valence-corrected chi connectivity index (χ3v) is 3.76. The van der Waals surface area contributed by atoms with Gasteiger partial charge in [0.25, 0.3) is 0 Å². The Balaban J connectivity index is 1.79. The lowest BCUT2D eigenvalue weighted by Crippen LogP contribution is -2.01. The van der Waals surface area contributed by atoms with Gasteiger partial charge in [-0.15, -0.1) is 0 Å². The van der Waals surface area contributed by atoms with E-state index in [1.54, 1.807) is 12.1 Å². The van der Waals surface area contributed by atoms with Crippen LogP contribution in [0.2, 0.25) is 0 Å². The van der Waals surface area contributed by atoms with Gasteiger partial charge in [0.05, 0.1) is 17.7 Å². The lowest BCUT2D eigenvalue weighted by molar-refractivity contribution is 0.180. The van der Waals surface area contributed by atoms with Crippen molar-refractivity contribution in [3.05, 3.63) is 64.5 Å². The van der Waals surface area contributed by atoms with Crippen molar-refractivity contribution >= 4 is 0 Å². The number of nitrogens with zero attached hydrogens (tertiary/aromatic N) is 1. The molecule has 2 aromatic rings. The van der Waals surface area contributed by atoms with Crippen LogP contribution in [0.3, 0.4) is 0 Å². The van der Waals surface area contributed by atoms with Gasteiger partial charge in [0, 0.05) is 11.1 Å². The Kier molecular flexibility index (Phi) is 3.59. The van der Waals surface area contributed by atoms with Crippen LogP contribution in [-0.2, 0) is 13.0 Å². The van der Waals surface area contributed by atoms with Crippen LogP contribution in [-0.4, -0.2) is 5.11 Å². The van der Waals surface area contributed by atoms with E-state index in [0.29, 0.717) is 23.3 Å². The van der Waals surface area contributed by atoms with E-state index in [-0.39, 0.29) is 6.61 Å². The molecule has 0 saturated heterocycles. The molecule has 1 unspecified atom stereocenters. The Bertz CT molecular complexity index is 721. The van der Waals surface area contributed by atoms with Gasteiger partial charge in [0.15, 0.2) is 0 Å². The zero-order chi connectivity index (χ0) is 14.8. The lowest BCUT2D eigenvalue weighted by Gasteiger charge is -2.12. The summed E-state index contributed by atoms with van der Waals surface area (Å²) in [7, 11) is 0. The molecule has 1 atom stereocenters. The van der Waals surface area contributed by atoms with Crippen LogP contribution in [0.15, 0.2) is 36.4 Å². The molecule has 1 aliphatic rings. The summed E-state index contributed by atoms with van der Waals surface area (Å²) < 4.78 is 19.5. The molecule has 0 aliphatic heterocycles. The van der Waals surface area contributed by atoms with Gasteiger partial charge >= 0.3 is 0 Å². The molecular formula is C17H14FNO2. The number of ether oxygens (including phenoxy) is 1. The van der Waals surface area contributed by atoms with Crippen molar-refractivity contribution in [3.63, 3.8) is 0 Å². The molecule has 0 heterocycles. The molecule has 0 spiro atoms. The zero-order valence-electron chi connectivity index (χ0n) is 11.3. The standard InChI is InChI=1S/C17H14FNO2/c18-15-8-11(9-19)4-5-12(15)10-21-17-3-1-2-13-14(17)6-7-16(13)20/h1-5,8,16,20H,6-7,10H2. The summed E-state index contributed by atoms with van der Waals surface area (Å²) >= 11 is 0. The van der Waals surface area contributed by atoms with Crippen LogP contribution >= 0.6 is 0 Å². The van der Waals surface area contributed by atoms with Crippen molar-refractivity contribution in [2.24, 2.45) is 0 Å². The second kappa shape index (κ2) is 5.55. The number of benzene rings is 2. The molecule has 2 aromatic carbocycles. The van der Waals surface area contributed by atoms with Gasteiger partial charge in [-0.3, -0.25) is 0 Å². The fourth-order valence-electron chi connectivity index (χ4n) is 2.62. The first-order valence-electron chi connectivity index (χ1n) is 6.80. The van der Waals surface area contributed by atoms with Crippen molar-refractivity contribution in [2.75, 3.05) is 0 Å². The van der Waals surface area contributed by atoms with Gasteiger partial charge in [0.2, 0.25) is 0 Å². The predicted octanol–water partition coefficient (Wildman–Crippen LogP) is 3.26. The number of nitriles is 1. The normalized spacial score (nSPS) is 16.3. The third-order valence-electron chi connectivity index (χ3n) is 3.76. The van der Waals surface area contributed by atoms with E-state index >= 15 is 0 Å². The van der Waals surface area contributed by atoms with Crippen molar-refractivity contribution in [1.82, 2.24) is 0 Å². The monoisotopic (exact) mass is 283 g/mol. The number of aliphatic hydroxyl groups is 1. The molecule has 0 aromatic heterocycles. The quantitative estimate of drug-likeness (QED) is 0.940. The predicted molar refractivity (Wildman–Crippen MR) is 75.2 cm³/mol. The van der Waals surface area contributed by atoms with Crippen LogP contribution in [0.4, 0.5) is 4.39 Å². The smallest absolute Gasteiger partial charge is 0.131 e. The van der Waals surface area contributed by atoms with E-state index in [2.05, 4.69) is 0 Å². The summed E-state index contributed by atoms with van der Waals surface area (Å²) in [5.74, 6) is 0.245. The summed E-state index contributed by atoms with van der Waals surface area (Å²) in [5, 5.41) is 18.6. The van der Waals surface area contributed by atoms with Crippen molar-refractivity contribution in [3.8, 4) is 11.8 Å². The van der Waals surface area contributed by atoms with Gasteiger partial charge < -0.3 is 9.84 Å². The average Bonchev–Trinajstić information content (AvgIpc) is 2.88. The molecule has 1 N–H and O–H groups in total. The Morgan fingerprint density at radius 3 is 2.95 bits per heavy atom. The van der Waals surface area contributed by atoms with Gasteiger partial charge in [-0.05, 0) is 36.6 Å². The first kappa shape index (κ1) is 13.6. The highest BCUT2D eigenvalue weighted by molar-refractivity contribution is 5.44. The molecule has 1 aliphatic carbocycles. The summed E-state index contributed by atoms with van der Waals surface area (Å²) in [6, 6.07) is 11.8. The van der Waals surface area contributed by atoms with Crippen LogP contribution in [0.5, 0.6) is 5.75 Å². The van der Waals surface area contributed by atoms with E-state index in [0.717, 1.165) is 17.5 Å². The molecule has 0 bridgehead atoms. The number of hydrogen-bond donors (Lipinski definition) is 1. The molecule has 0 amide bonds. The fourth-order valence-corrected chi connectivity index (χ4v) is 2.62. The van der Waals surface area contributed by atoms with Crippen LogP contribution in [0.1, 0.15) is 34.8 Å². The Morgan fingerprint density at radius 2 is 2.19 bits per heavy atom. The highest BCUT2D eigenvalue weighted by Gasteiger charge is 2.23. The second-order valence-electron chi connectivity index (χ2n) is 5.09. The Hall–Kier alpha value is -2.38. The summed E-state index contributed by atoms with van der Waals surface area (Å²) in [6.07, 6.45) is 1.03. The summed E-state index contributed by atoms with van der Waals surface area (Å²) in [4.78, 5) is 0. The highest BCUT2D eigenvalue weighted by atomic mass is 19.1. The highest BCUT2D eigenvalue weighted by Crippen LogP contribution is 2.37. The van der Waals surface area contributed by atoms with E-state index in [4.69, 9.17) is 10.00 Å². The second-order valence-corrected chi connectivity index (χ2v) is 5.09. The molecule has 3 rings (SSSR count). The number of halogens is 1. The molecule has 3 nitrogen and oxygen atoms in total. The average molecular weight is 283 g/mol. The topological polar surface area (TPSA) is 53.2 Å². The molecular weight excluding hydrogens is 269 g/mol. The van der Waals surface area contributed by atoms with Crippen molar-refractivity contribution in [2.45, 2.75) is 25.6 Å². The van der Waals surface area contributed by atoms with Crippen LogP contribution < -0.4 is 4.74 Å². The minimum atomic E-state index is -0.443. The van der Waals surface area contributed by atoms with E-state index in [1.807, 2.05) is 24.3 Å². The molecule has 21 heavy (non-hydrogen) atoms. The van der Waals surface area contributed by atoms with Crippen molar-refractivity contribution < 1.29 is 14.2 Å². The van der Waals surface area contributed by atoms with Crippen molar-refractivity contribution in [1.29, 1.82) is 5.26 Å². The minimum Gasteiger partial charge on any atom is -0.489 e. The van der Waals surface area contributed by atoms with E-state index in [1.165, 1.54) is 6.07 Å². The maximum absolute atomic E-state index is 13.8. The summed E-state index contributed by atoms with van der Waals surface area (Å²) in [6.45, 7) is 0.101. The number of rotatable bonds is 3. The Morgan fingerprint density at radius 1 is 1.33 bits per heavy atom. The van der Waals surface area contributed by atoms with Crippen LogP contribution in [0, 0.1) is 17.1 Å². The minimum absolute atomic E-state index is 0.101. The summed E-state index contributed by atoms with van der Waals surface area (Å²) in [5.41, 5.74) is 2.59. The van der Waals surface area contributed by atoms with Gasteiger partial charge in [-0.25, -0.2) is 4.39 Å². The van der Waals surface area contributed by atoms with Gasteiger partial charge in [-0.1, -0.05) is 18.2 Å². The number of aliphatic hydroxyl groups excluding tert-OH is 1. The fraction of sp³-hybridized carbons (Fsp3) is 0.235. The van der Waals surface area contributed by atoms with Gasteiger partial charge in [0.1, 0.15) is 18.2 Å².